The van der Waals surface area contributed by atoms with E-state index < -0.39 is 30.6 Å². The van der Waals surface area contributed by atoms with Crippen molar-refractivity contribution in [2.24, 2.45) is 10.4 Å². The van der Waals surface area contributed by atoms with E-state index >= 15 is 0 Å². The van der Waals surface area contributed by atoms with Gasteiger partial charge in [0.05, 0.1) is 12.0 Å². The summed E-state index contributed by atoms with van der Waals surface area (Å²) in [4.78, 5) is 22.4. The molecule has 0 spiro atoms. The summed E-state index contributed by atoms with van der Waals surface area (Å²) in [7, 11) is 1.60. The maximum absolute atomic E-state index is 10.9. The summed E-state index contributed by atoms with van der Waals surface area (Å²) < 4.78 is 16.4. The van der Waals surface area contributed by atoms with Crippen molar-refractivity contribution in [3.05, 3.63) is 56.0 Å². The molecule has 0 aliphatic carbocycles. The Labute approximate surface area is 164 Å². The Balaban J connectivity index is 1.73. The molecular weight excluding hydrogens is 388 g/mol. The second-order valence-electron chi connectivity index (χ2n) is 6.28. The van der Waals surface area contributed by atoms with Crippen molar-refractivity contribution in [3.63, 3.8) is 0 Å². The molecule has 150 valence electrons. The van der Waals surface area contributed by atoms with E-state index in [1.54, 1.807) is 13.2 Å². The van der Waals surface area contributed by atoms with Crippen LogP contribution in [-0.4, -0.2) is 54.5 Å². The zero-order valence-electron chi connectivity index (χ0n) is 15.0. The highest BCUT2D eigenvalue weighted by Crippen LogP contribution is 2.32. The van der Waals surface area contributed by atoms with E-state index in [0.29, 0.717) is 12.2 Å². The fraction of sp³-hybridized carbons (Fsp3) is 0.444. The predicted molar refractivity (Wildman–Crippen MR) is 102 cm³/mol. The van der Waals surface area contributed by atoms with Crippen LogP contribution in [0.5, 0.6) is 11.5 Å². The number of aliphatic hydroxyl groups excluding tert-OH is 2. The molecule has 0 amide bonds. The standard InChI is InChI=1S/C18H20N2O7S/c1-25-11-4-2-10(3-5-11)8-14-12(6-7-28-14)26-18-17(22)16(21)15(20-24)13(27-18)9-19-23/h2-7,13,15-18,21-22H,8-9H2,1H3/t13-,15+,16+,17+,18?/m1/s1. The predicted octanol–water partition coefficient (Wildman–Crippen LogP) is 2.07. The van der Waals surface area contributed by atoms with E-state index in [0.717, 1.165) is 16.2 Å². The summed E-state index contributed by atoms with van der Waals surface area (Å²) >= 11 is 1.47. The van der Waals surface area contributed by atoms with Crippen LogP contribution in [0.3, 0.4) is 0 Å². The van der Waals surface area contributed by atoms with Gasteiger partial charge < -0.3 is 24.4 Å². The molecule has 1 saturated heterocycles. The second kappa shape index (κ2) is 9.20. The van der Waals surface area contributed by atoms with Gasteiger partial charge in [0, 0.05) is 6.42 Å². The number of ether oxygens (including phenoxy) is 3. The van der Waals surface area contributed by atoms with Crippen molar-refractivity contribution in [3.8, 4) is 11.5 Å². The smallest absolute Gasteiger partial charge is 0.229 e. The Morgan fingerprint density at radius 3 is 2.54 bits per heavy atom. The molecule has 1 aliphatic rings. The number of thiophene rings is 1. The first-order valence-electron chi connectivity index (χ1n) is 8.56. The zero-order chi connectivity index (χ0) is 20.1. The van der Waals surface area contributed by atoms with E-state index in [4.69, 9.17) is 14.2 Å². The number of hydrogen-bond acceptors (Lipinski definition) is 10. The van der Waals surface area contributed by atoms with E-state index in [-0.39, 0.29) is 6.54 Å². The van der Waals surface area contributed by atoms with Crippen LogP contribution >= 0.6 is 11.3 Å². The van der Waals surface area contributed by atoms with Gasteiger partial charge in [-0.1, -0.05) is 22.5 Å². The first-order chi connectivity index (χ1) is 13.6. The molecule has 1 aliphatic heterocycles. The molecule has 0 bridgehead atoms. The molecule has 0 saturated carbocycles. The van der Waals surface area contributed by atoms with Crippen LogP contribution in [0.15, 0.2) is 46.1 Å². The fourth-order valence-electron chi connectivity index (χ4n) is 2.99. The third kappa shape index (κ3) is 4.36. The molecule has 2 N–H and O–H groups in total. The number of methoxy groups -OCH3 is 1. The van der Waals surface area contributed by atoms with Crippen LogP contribution in [0.1, 0.15) is 10.4 Å². The van der Waals surface area contributed by atoms with Crippen LogP contribution in [-0.2, 0) is 11.2 Å². The van der Waals surface area contributed by atoms with E-state index in [1.165, 1.54) is 11.3 Å². The van der Waals surface area contributed by atoms with Crippen molar-refractivity contribution in [2.45, 2.75) is 37.1 Å². The Morgan fingerprint density at radius 1 is 1.14 bits per heavy atom. The first-order valence-corrected chi connectivity index (χ1v) is 9.44. The summed E-state index contributed by atoms with van der Waals surface area (Å²) in [6.07, 6.45) is -4.77. The summed E-state index contributed by atoms with van der Waals surface area (Å²) in [5.74, 6) is 1.24. The number of aliphatic hydroxyl groups is 2. The largest absolute Gasteiger partial charge is 0.497 e. The lowest BCUT2D eigenvalue weighted by Crippen LogP contribution is -2.59. The third-order valence-electron chi connectivity index (χ3n) is 4.52. The lowest BCUT2D eigenvalue weighted by molar-refractivity contribution is -0.239. The summed E-state index contributed by atoms with van der Waals surface area (Å²) in [5.41, 5.74) is 1.03. The maximum Gasteiger partial charge on any atom is 0.229 e. The molecule has 28 heavy (non-hydrogen) atoms. The Bertz CT molecular complexity index is 797. The van der Waals surface area contributed by atoms with E-state index in [1.807, 2.05) is 29.6 Å². The molecule has 5 atom stereocenters. The van der Waals surface area contributed by atoms with Crippen LogP contribution in [0.4, 0.5) is 0 Å². The Morgan fingerprint density at radius 2 is 1.89 bits per heavy atom. The second-order valence-corrected chi connectivity index (χ2v) is 7.28. The molecule has 10 heteroatoms. The minimum Gasteiger partial charge on any atom is -0.497 e. The van der Waals surface area contributed by atoms with E-state index in [9.17, 15) is 20.0 Å². The van der Waals surface area contributed by atoms with Gasteiger partial charge in [0.15, 0.2) is 0 Å². The van der Waals surface area contributed by atoms with Gasteiger partial charge in [-0.05, 0) is 29.1 Å². The van der Waals surface area contributed by atoms with Gasteiger partial charge in [0.1, 0.15) is 42.4 Å². The Hall–Kier alpha value is -2.40. The highest BCUT2D eigenvalue weighted by atomic mass is 32.1. The number of nitroso groups, excluding NO2 is 2. The van der Waals surface area contributed by atoms with Gasteiger partial charge in [0.2, 0.25) is 6.29 Å². The molecule has 0 radical (unpaired) electrons. The molecular formula is C18H20N2O7S. The van der Waals surface area contributed by atoms with Gasteiger partial charge in [-0.3, -0.25) is 0 Å². The van der Waals surface area contributed by atoms with Crippen molar-refractivity contribution in [1.82, 2.24) is 0 Å². The topological polar surface area (TPSA) is 127 Å². The quantitative estimate of drug-likeness (QED) is 0.640. The van der Waals surface area contributed by atoms with Gasteiger partial charge in [-0.15, -0.1) is 11.3 Å². The van der Waals surface area contributed by atoms with Crippen LogP contribution in [0, 0.1) is 9.81 Å². The molecule has 3 rings (SSSR count). The van der Waals surface area contributed by atoms with Crippen molar-refractivity contribution < 1.29 is 24.4 Å². The Kier molecular flexibility index (Phi) is 6.68. The van der Waals surface area contributed by atoms with Gasteiger partial charge >= 0.3 is 0 Å². The summed E-state index contributed by atoms with van der Waals surface area (Å²) in [6, 6.07) is 8.01. The molecule has 1 fully saturated rings. The molecule has 1 aromatic heterocycles. The lowest BCUT2D eigenvalue weighted by atomic mass is 9.97. The van der Waals surface area contributed by atoms with Crippen molar-refractivity contribution >= 4 is 11.3 Å². The first kappa shape index (κ1) is 20.3. The van der Waals surface area contributed by atoms with Gasteiger partial charge in [-0.25, -0.2) is 0 Å². The summed E-state index contributed by atoms with van der Waals surface area (Å²) in [6.45, 7) is -0.387. The average Bonchev–Trinajstić information content (AvgIpc) is 3.13. The molecule has 2 heterocycles. The third-order valence-corrected chi connectivity index (χ3v) is 5.42. The maximum atomic E-state index is 10.9. The van der Waals surface area contributed by atoms with Crippen molar-refractivity contribution in [2.75, 3.05) is 13.7 Å². The fourth-order valence-corrected chi connectivity index (χ4v) is 3.82. The van der Waals surface area contributed by atoms with Crippen LogP contribution in [0.25, 0.3) is 0 Å². The van der Waals surface area contributed by atoms with Gasteiger partial charge in [-0.2, -0.15) is 9.81 Å². The summed E-state index contributed by atoms with van der Waals surface area (Å²) in [5, 5.41) is 27.7. The number of hydrogen-bond donors (Lipinski definition) is 2. The monoisotopic (exact) mass is 408 g/mol. The average molecular weight is 408 g/mol. The lowest BCUT2D eigenvalue weighted by Gasteiger charge is -2.38. The minimum atomic E-state index is -1.52. The normalized spacial score (nSPS) is 27.2. The van der Waals surface area contributed by atoms with Crippen LogP contribution in [0.2, 0.25) is 0 Å². The SMILES string of the molecule is COc1ccc(Cc2sccc2OC2O[C@H](CN=O)[C@H](N=O)[C@H](O)[C@@H]2O)cc1. The number of benzene rings is 1. The highest BCUT2D eigenvalue weighted by molar-refractivity contribution is 7.10. The molecule has 9 nitrogen and oxygen atoms in total. The zero-order valence-corrected chi connectivity index (χ0v) is 15.8. The molecule has 1 aromatic carbocycles. The van der Waals surface area contributed by atoms with E-state index in [2.05, 4.69) is 10.4 Å². The molecule has 1 unspecified atom stereocenters. The molecule has 2 aromatic rings. The van der Waals surface area contributed by atoms with Crippen molar-refractivity contribution in [1.29, 1.82) is 0 Å². The van der Waals surface area contributed by atoms with Gasteiger partial charge in [0.25, 0.3) is 0 Å². The number of nitrogens with zero attached hydrogens (tertiary/aromatic N) is 2. The van der Waals surface area contributed by atoms with Crippen LogP contribution < -0.4 is 9.47 Å². The minimum absolute atomic E-state index is 0.387. The highest BCUT2D eigenvalue weighted by Gasteiger charge is 2.47. The number of rotatable bonds is 8.